The molecule has 0 aromatic carbocycles. The number of carbonyl (C=O) groups excluding carboxylic acids is 3. The number of aromatic nitrogens is 2. The van der Waals surface area contributed by atoms with Crippen LogP contribution in [0.2, 0.25) is 0 Å². The smallest absolute Gasteiger partial charge is 0.355 e. The van der Waals surface area contributed by atoms with Crippen LogP contribution in [0.5, 0.6) is 5.88 Å². The van der Waals surface area contributed by atoms with E-state index in [0.717, 1.165) is 25.0 Å². The molecule has 3 heterocycles. The molecule has 2 aromatic rings. The third-order valence-electron chi connectivity index (χ3n) is 5.52. The summed E-state index contributed by atoms with van der Waals surface area (Å²) in [5, 5.41) is 0.464. The molecule has 1 atom stereocenters. The Morgan fingerprint density at radius 1 is 1.20 bits per heavy atom. The standard InChI is InChI=1S/C22H29N3O5/c1-4-6-7-8-9-10-11-25-13(3)16(23)15-17(25)14-12-24-21(15)30-20(19(27)18(14)26)22(28)29-5-2/h12,20H,4-11,23H2,1-3H3. The molecule has 30 heavy (non-hydrogen) atoms. The van der Waals surface area contributed by atoms with Crippen LogP contribution in [0.25, 0.3) is 10.9 Å². The zero-order valence-electron chi connectivity index (χ0n) is 17.8. The largest absolute Gasteiger partial charge is 0.463 e. The zero-order valence-corrected chi connectivity index (χ0v) is 17.8. The zero-order chi connectivity index (χ0) is 21.8. The highest BCUT2D eigenvalue weighted by Gasteiger charge is 2.40. The van der Waals surface area contributed by atoms with E-state index in [0.29, 0.717) is 23.1 Å². The number of fused-ring (bicyclic) bond motifs is 6. The van der Waals surface area contributed by atoms with Crippen molar-refractivity contribution in [3.05, 3.63) is 17.5 Å². The lowest BCUT2D eigenvalue weighted by molar-refractivity contribution is -0.154. The number of rotatable bonds is 9. The number of Topliss-reactive ketones (excluding diaryl/α,β-unsaturated/α-hetero) is 2. The number of esters is 1. The van der Waals surface area contributed by atoms with Gasteiger partial charge in [0.05, 0.1) is 28.8 Å². The third-order valence-corrected chi connectivity index (χ3v) is 5.52. The van der Waals surface area contributed by atoms with Gasteiger partial charge in [-0.2, -0.15) is 0 Å². The van der Waals surface area contributed by atoms with Gasteiger partial charge in [0.25, 0.3) is 11.9 Å². The van der Waals surface area contributed by atoms with Crippen LogP contribution in [-0.4, -0.2) is 39.8 Å². The number of nitrogens with zero attached hydrogens (tertiary/aromatic N) is 2. The van der Waals surface area contributed by atoms with Gasteiger partial charge in [-0.1, -0.05) is 39.0 Å². The molecule has 2 N–H and O–H groups in total. The van der Waals surface area contributed by atoms with E-state index in [9.17, 15) is 14.4 Å². The second-order valence-electron chi connectivity index (χ2n) is 7.56. The average molecular weight is 415 g/mol. The molecule has 0 amide bonds. The highest BCUT2D eigenvalue weighted by Crippen LogP contribution is 2.38. The van der Waals surface area contributed by atoms with E-state index in [4.69, 9.17) is 15.2 Å². The minimum absolute atomic E-state index is 0.0648. The van der Waals surface area contributed by atoms with Crippen molar-refractivity contribution in [3.63, 3.8) is 0 Å². The van der Waals surface area contributed by atoms with Crippen molar-refractivity contribution in [2.75, 3.05) is 12.3 Å². The van der Waals surface area contributed by atoms with Crippen molar-refractivity contribution >= 4 is 34.1 Å². The SMILES string of the molecule is CCCCCCCCn1c(C)c(N)c2c3ncc(c21)C(=O)C(=O)C(C(=O)OCC)O3. The molecule has 1 unspecified atom stereocenters. The van der Waals surface area contributed by atoms with Crippen LogP contribution in [-0.2, 0) is 20.9 Å². The van der Waals surface area contributed by atoms with Crippen LogP contribution >= 0.6 is 0 Å². The van der Waals surface area contributed by atoms with Crippen LogP contribution in [0.1, 0.15) is 68.4 Å². The summed E-state index contributed by atoms with van der Waals surface area (Å²) in [6.45, 7) is 6.40. The monoisotopic (exact) mass is 415 g/mol. The van der Waals surface area contributed by atoms with E-state index in [1.165, 1.54) is 25.5 Å². The minimum atomic E-state index is -1.67. The Kier molecular flexibility index (Phi) is 6.74. The van der Waals surface area contributed by atoms with E-state index in [-0.39, 0.29) is 18.1 Å². The van der Waals surface area contributed by atoms with E-state index in [1.54, 1.807) is 6.92 Å². The number of hydrogen-bond acceptors (Lipinski definition) is 7. The number of anilines is 1. The first-order chi connectivity index (χ1) is 14.4. The van der Waals surface area contributed by atoms with Gasteiger partial charge in [-0.3, -0.25) is 9.59 Å². The van der Waals surface area contributed by atoms with E-state index in [2.05, 4.69) is 11.9 Å². The number of ketones is 2. The maximum absolute atomic E-state index is 12.9. The van der Waals surface area contributed by atoms with Crippen LogP contribution < -0.4 is 10.5 Å². The molecule has 0 saturated carbocycles. The minimum Gasteiger partial charge on any atom is -0.463 e. The van der Waals surface area contributed by atoms with Crippen LogP contribution in [0.15, 0.2) is 6.20 Å². The topological polar surface area (TPSA) is 114 Å². The fourth-order valence-corrected chi connectivity index (χ4v) is 3.88. The second-order valence-corrected chi connectivity index (χ2v) is 7.56. The Balaban J connectivity index is 1.99. The Labute approximate surface area is 175 Å². The fraction of sp³-hybridized carbons (Fsp3) is 0.545. The van der Waals surface area contributed by atoms with Crippen LogP contribution in [0.4, 0.5) is 5.69 Å². The number of ether oxygens (including phenoxy) is 2. The second kappa shape index (κ2) is 9.28. The number of nitrogen functional groups attached to an aromatic ring is 1. The summed E-state index contributed by atoms with van der Waals surface area (Å²) in [4.78, 5) is 42.0. The Bertz CT molecular complexity index is 979. The van der Waals surface area contributed by atoms with E-state index >= 15 is 0 Å². The molecule has 1 aliphatic rings. The fourth-order valence-electron chi connectivity index (χ4n) is 3.88. The molecule has 8 heteroatoms. The summed E-state index contributed by atoms with van der Waals surface area (Å²) in [7, 11) is 0. The van der Waals surface area contributed by atoms with Crippen LogP contribution in [0, 0.1) is 6.92 Å². The maximum atomic E-state index is 12.9. The van der Waals surface area contributed by atoms with Gasteiger partial charge in [-0.05, 0) is 20.3 Å². The molecule has 0 aliphatic carbocycles. The van der Waals surface area contributed by atoms with Crippen molar-refractivity contribution in [2.45, 2.75) is 71.9 Å². The van der Waals surface area contributed by atoms with Crippen LogP contribution in [0.3, 0.4) is 0 Å². The van der Waals surface area contributed by atoms with Gasteiger partial charge in [-0.15, -0.1) is 0 Å². The molecule has 0 radical (unpaired) electrons. The summed E-state index contributed by atoms with van der Waals surface area (Å²) in [5.41, 5.74) is 8.25. The molecule has 2 bridgehead atoms. The predicted molar refractivity (Wildman–Crippen MR) is 113 cm³/mol. The first-order valence-electron chi connectivity index (χ1n) is 10.6. The summed E-state index contributed by atoms with van der Waals surface area (Å²) >= 11 is 0. The average Bonchev–Trinajstić information content (AvgIpc) is 2.98. The lowest BCUT2D eigenvalue weighted by Gasteiger charge is -2.20. The maximum Gasteiger partial charge on any atom is 0.355 e. The molecular formula is C22H29N3O5. The highest BCUT2D eigenvalue weighted by molar-refractivity contribution is 6.50. The third kappa shape index (κ3) is 3.91. The molecule has 2 aromatic heterocycles. The first-order valence-corrected chi connectivity index (χ1v) is 10.6. The van der Waals surface area contributed by atoms with Gasteiger partial charge in [0.15, 0.2) is 0 Å². The normalized spacial score (nSPS) is 15.9. The number of nitrogens with two attached hydrogens (primary N) is 1. The number of pyridine rings is 1. The molecular weight excluding hydrogens is 386 g/mol. The molecule has 1 aliphatic heterocycles. The summed E-state index contributed by atoms with van der Waals surface area (Å²) in [6.07, 6.45) is 6.44. The molecule has 0 fully saturated rings. The van der Waals surface area contributed by atoms with Gasteiger partial charge in [0.1, 0.15) is 0 Å². The van der Waals surface area contributed by atoms with Gasteiger partial charge >= 0.3 is 5.97 Å². The van der Waals surface area contributed by atoms with Gasteiger partial charge in [-0.25, -0.2) is 9.78 Å². The summed E-state index contributed by atoms with van der Waals surface area (Å²) in [6, 6.07) is 0. The lowest BCUT2D eigenvalue weighted by Crippen LogP contribution is -2.42. The number of carbonyl (C=O) groups is 3. The molecule has 0 spiro atoms. The Hall–Kier alpha value is -2.90. The van der Waals surface area contributed by atoms with Gasteiger partial charge in [0.2, 0.25) is 11.7 Å². The highest BCUT2D eigenvalue weighted by atomic mass is 16.6. The number of unbranched alkanes of at least 4 members (excludes halogenated alkanes) is 5. The van der Waals surface area contributed by atoms with E-state index < -0.39 is 23.6 Å². The Morgan fingerprint density at radius 2 is 1.90 bits per heavy atom. The van der Waals surface area contributed by atoms with Gasteiger partial charge in [0, 0.05) is 18.4 Å². The van der Waals surface area contributed by atoms with Gasteiger partial charge < -0.3 is 19.8 Å². The molecule has 162 valence electrons. The van der Waals surface area contributed by atoms with E-state index in [1.807, 2.05) is 11.5 Å². The quantitative estimate of drug-likeness (QED) is 0.289. The predicted octanol–water partition coefficient (Wildman–Crippen LogP) is 3.36. The summed E-state index contributed by atoms with van der Waals surface area (Å²) in [5.74, 6) is -2.62. The van der Waals surface area contributed by atoms with Crippen molar-refractivity contribution in [1.29, 1.82) is 0 Å². The molecule has 0 saturated heterocycles. The Morgan fingerprint density at radius 3 is 2.60 bits per heavy atom. The lowest BCUT2D eigenvalue weighted by atomic mass is 10.0. The van der Waals surface area contributed by atoms with Crippen molar-refractivity contribution in [3.8, 4) is 5.88 Å². The van der Waals surface area contributed by atoms with Crippen molar-refractivity contribution < 1.29 is 23.9 Å². The summed E-state index contributed by atoms with van der Waals surface area (Å²) < 4.78 is 12.4. The molecule has 3 rings (SSSR count). The molecule has 8 nitrogen and oxygen atoms in total. The number of hydrogen-bond donors (Lipinski definition) is 1. The number of aryl methyl sites for hydroxylation is 1. The van der Waals surface area contributed by atoms with Crippen molar-refractivity contribution in [1.82, 2.24) is 9.55 Å². The van der Waals surface area contributed by atoms with Crippen molar-refractivity contribution in [2.24, 2.45) is 0 Å². The first kappa shape index (κ1) is 21.8.